The molecule has 0 heterocycles. The lowest BCUT2D eigenvalue weighted by molar-refractivity contribution is -0.122. The maximum absolute atomic E-state index is 11.8. The Labute approximate surface area is 196 Å². The molecule has 178 valence electrons. The van der Waals surface area contributed by atoms with Crippen LogP contribution >= 0.6 is 23.2 Å². The number of nitrogens with one attached hydrogen (secondary N) is 4. The van der Waals surface area contributed by atoms with Gasteiger partial charge in [-0.25, -0.2) is 9.59 Å². The van der Waals surface area contributed by atoms with Crippen molar-refractivity contribution in [3.8, 4) is 11.5 Å². The van der Waals surface area contributed by atoms with Crippen LogP contribution in [0.3, 0.4) is 0 Å². The number of amides is 6. The van der Waals surface area contributed by atoms with Gasteiger partial charge in [-0.3, -0.25) is 20.2 Å². The highest BCUT2D eigenvalue weighted by Crippen LogP contribution is 2.35. The van der Waals surface area contributed by atoms with Crippen LogP contribution in [-0.2, 0) is 9.59 Å². The van der Waals surface area contributed by atoms with E-state index >= 15 is 0 Å². The molecule has 0 saturated heterocycles. The summed E-state index contributed by atoms with van der Waals surface area (Å²) in [7, 11) is 0. The van der Waals surface area contributed by atoms with Gasteiger partial charge in [-0.15, -0.1) is 0 Å². The van der Waals surface area contributed by atoms with Crippen LogP contribution in [0.25, 0.3) is 0 Å². The van der Waals surface area contributed by atoms with Gasteiger partial charge in [0.1, 0.15) is 11.5 Å². The number of carbonyl (C=O) groups excluding carboxylic acids is 4. The van der Waals surface area contributed by atoms with Crippen LogP contribution in [0.4, 0.5) is 9.59 Å². The molecular weight excluding hydrogens is 463 g/mol. The van der Waals surface area contributed by atoms with Crippen LogP contribution < -0.4 is 30.7 Å². The van der Waals surface area contributed by atoms with Gasteiger partial charge in [-0.05, 0) is 18.9 Å². The zero-order valence-corrected chi connectivity index (χ0v) is 19.5. The summed E-state index contributed by atoms with van der Waals surface area (Å²) in [4.78, 5) is 46.8. The zero-order chi connectivity index (χ0) is 23.9. The van der Waals surface area contributed by atoms with E-state index in [9.17, 15) is 19.2 Å². The van der Waals surface area contributed by atoms with E-state index in [1.807, 2.05) is 13.8 Å². The van der Waals surface area contributed by atoms with E-state index < -0.39 is 37.1 Å². The van der Waals surface area contributed by atoms with E-state index in [1.165, 1.54) is 12.1 Å². The van der Waals surface area contributed by atoms with Gasteiger partial charge >= 0.3 is 12.1 Å². The van der Waals surface area contributed by atoms with E-state index in [2.05, 4.69) is 21.3 Å². The maximum Gasteiger partial charge on any atom is 0.321 e. The summed E-state index contributed by atoms with van der Waals surface area (Å²) < 4.78 is 10.6. The lowest BCUT2D eigenvalue weighted by Gasteiger charge is -2.13. The molecule has 32 heavy (non-hydrogen) atoms. The fourth-order valence-corrected chi connectivity index (χ4v) is 2.68. The summed E-state index contributed by atoms with van der Waals surface area (Å²) in [5, 5.41) is 9.53. The number of urea groups is 2. The van der Waals surface area contributed by atoms with E-state index in [1.54, 1.807) is 0 Å². The summed E-state index contributed by atoms with van der Waals surface area (Å²) in [6, 6.07) is 1.37. The van der Waals surface area contributed by atoms with Gasteiger partial charge in [0.05, 0.1) is 10.0 Å². The zero-order valence-electron chi connectivity index (χ0n) is 18.0. The molecule has 0 aliphatic rings. The molecule has 0 aliphatic carbocycles. The number of carbonyl (C=O) groups is 4. The first-order valence-electron chi connectivity index (χ1n) is 10.2. The molecule has 0 radical (unpaired) electrons. The number of imide groups is 2. The van der Waals surface area contributed by atoms with Crippen LogP contribution in [0.1, 0.15) is 39.5 Å². The highest BCUT2D eigenvalue weighted by Gasteiger charge is 2.15. The molecule has 0 unspecified atom stereocenters. The molecule has 0 fully saturated rings. The van der Waals surface area contributed by atoms with Gasteiger partial charge in [-0.1, -0.05) is 49.9 Å². The smallest absolute Gasteiger partial charge is 0.321 e. The first-order chi connectivity index (χ1) is 15.3. The first kappa shape index (κ1) is 27.3. The molecule has 10 nitrogen and oxygen atoms in total. The van der Waals surface area contributed by atoms with Crippen LogP contribution in [-0.4, -0.2) is 50.2 Å². The molecule has 0 aliphatic heterocycles. The van der Waals surface area contributed by atoms with Crippen molar-refractivity contribution in [2.45, 2.75) is 39.5 Å². The van der Waals surface area contributed by atoms with Gasteiger partial charge < -0.3 is 20.1 Å². The summed E-state index contributed by atoms with van der Waals surface area (Å²) in [6.07, 6.45) is 3.40. The molecular formula is C20H28Cl2N4O6. The molecule has 4 N–H and O–H groups in total. The van der Waals surface area contributed by atoms with Gasteiger partial charge in [0, 0.05) is 19.2 Å². The van der Waals surface area contributed by atoms with E-state index in [-0.39, 0.29) is 21.5 Å². The average Bonchev–Trinajstić information content (AvgIpc) is 2.72. The fourth-order valence-electron chi connectivity index (χ4n) is 2.19. The number of ether oxygens (including phenoxy) is 2. The van der Waals surface area contributed by atoms with Gasteiger partial charge in [0.25, 0.3) is 11.8 Å². The van der Waals surface area contributed by atoms with Crippen molar-refractivity contribution in [3.05, 3.63) is 22.2 Å². The SMILES string of the molecule is CCCCNC(=O)NC(=O)COc1cc(OCC(=O)NC(=O)NCCCC)c(Cl)cc1Cl. The number of unbranched alkanes of at least 4 members (excludes halogenated alkanes) is 2. The highest BCUT2D eigenvalue weighted by atomic mass is 35.5. The van der Waals surface area contributed by atoms with Crippen molar-refractivity contribution in [1.29, 1.82) is 0 Å². The predicted octanol–water partition coefficient (Wildman–Crippen LogP) is 3.00. The van der Waals surface area contributed by atoms with Gasteiger partial charge in [0.2, 0.25) is 0 Å². The molecule has 0 atom stereocenters. The Hall–Kier alpha value is -2.72. The second-order valence-electron chi connectivity index (χ2n) is 6.61. The molecule has 0 bridgehead atoms. The normalized spacial score (nSPS) is 10.1. The number of hydrogen-bond acceptors (Lipinski definition) is 6. The molecule has 12 heteroatoms. The number of benzene rings is 1. The molecule has 1 aromatic carbocycles. The Balaban J connectivity index is 2.55. The lowest BCUT2D eigenvalue weighted by Crippen LogP contribution is -2.42. The molecule has 1 rings (SSSR count). The molecule has 0 aromatic heterocycles. The molecule has 1 aromatic rings. The number of rotatable bonds is 12. The first-order valence-corrected chi connectivity index (χ1v) is 10.9. The van der Waals surface area contributed by atoms with Crippen molar-refractivity contribution in [1.82, 2.24) is 21.3 Å². The standard InChI is InChI=1S/C20H28Cl2N4O6/c1-3-5-7-23-19(29)25-17(27)11-31-15-10-16(14(22)9-13(15)21)32-12-18(28)26-20(30)24-8-6-4-2/h9-10H,3-8,11-12H2,1-2H3,(H2,23,25,27,29)(H2,24,26,28,30). The largest absolute Gasteiger partial charge is 0.482 e. The number of halogens is 2. The van der Waals surface area contributed by atoms with Crippen molar-refractivity contribution >= 4 is 47.1 Å². The average molecular weight is 491 g/mol. The topological polar surface area (TPSA) is 135 Å². The van der Waals surface area contributed by atoms with Crippen LogP contribution in [0.5, 0.6) is 11.5 Å². The van der Waals surface area contributed by atoms with E-state index in [0.29, 0.717) is 13.1 Å². The van der Waals surface area contributed by atoms with Crippen LogP contribution in [0.15, 0.2) is 12.1 Å². The van der Waals surface area contributed by atoms with Crippen molar-refractivity contribution in [3.63, 3.8) is 0 Å². The third kappa shape index (κ3) is 11.1. The van der Waals surface area contributed by atoms with Crippen molar-refractivity contribution < 1.29 is 28.7 Å². The van der Waals surface area contributed by atoms with Gasteiger partial charge in [0.15, 0.2) is 13.2 Å². The minimum absolute atomic E-state index is 0.0605. The maximum atomic E-state index is 11.8. The lowest BCUT2D eigenvalue weighted by atomic mass is 10.3. The Morgan fingerprint density at radius 1 is 0.750 bits per heavy atom. The minimum Gasteiger partial charge on any atom is -0.482 e. The Kier molecular flexibility index (Phi) is 12.9. The van der Waals surface area contributed by atoms with E-state index in [4.69, 9.17) is 32.7 Å². The Morgan fingerprint density at radius 2 is 1.16 bits per heavy atom. The van der Waals surface area contributed by atoms with Crippen molar-refractivity contribution in [2.75, 3.05) is 26.3 Å². The highest BCUT2D eigenvalue weighted by molar-refractivity contribution is 6.36. The van der Waals surface area contributed by atoms with Crippen LogP contribution in [0.2, 0.25) is 10.0 Å². The predicted molar refractivity (Wildman–Crippen MR) is 120 cm³/mol. The van der Waals surface area contributed by atoms with Gasteiger partial charge in [-0.2, -0.15) is 0 Å². The number of hydrogen-bond donors (Lipinski definition) is 4. The third-order valence-corrected chi connectivity index (χ3v) is 4.43. The Morgan fingerprint density at radius 3 is 1.53 bits per heavy atom. The summed E-state index contributed by atoms with van der Waals surface area (Å²) in [5.41, 5.74) is 0. The van der Waals surface area contributed by atoms with E-state index in [0.717, 1.165) is 25.7 Å². The monoisotopic (exact) mass is 490 g/mol. The summed E-state index contributed by atoms with van der Waals surface area (Å²) >= 11 is 12.1. The second kappa shape index (κ2) is 15.1. The van der Waals surface area contributed by atoms with Crippen LogP contribution in [0, 0.1) is 0 Å². The molecule has 6 amide bonds. The third-order valence-electron chi connectivity index (χ3n) is 3.84. The quantitative estimate of drug-likeness (QED) is 0.332. The minimum atomic E-state index is -0.680. The fraction of sp³-hybridized carbons (Fsp3) is 0.500. The Bertz CT molecular complexity index is 745. The molecule has 0 spiro atoms. The summed E-state index contributed by atoms with van der Waals surface area (Å²) in [6.45, 7) is 3.89. The second-order valence-corrected chi connectivity index (χ2v) is 7.42. The molecule has 0 saturated carbocycles. The summed E-state index contributed by atoms with van der Waals surface area (Å²) in [5.74, 6) is -1.24. The van der Waals surface area contributed by atoms with Crippen molar-refractivity contribution in [2.24, 2.45) is 0 Å².